The molecule has 0 aliphatic heterocycles. The van der Waals surface area contributed by atoms with Crippen molar-refractivity contribution >= 4 is 28.8 Å². The van der Waals surface area contributed by atoms with Gasteiger partial charge < -0.3 is 14.8 Å². The van der Waals surface area contributed by atoms with Crippen LogP contribution in [0.3, 0.4) is 0 Å². The lowest BCUT2D eigenvalue weighted by Crippen LogP contribution is -2.29. The van der Waals surface area contributed by atoms with Crippen LogP contribution in [0.15, 0.2) is 28.8 Å². The Hall–Kier alpha value is -3.07. The van der Waals surface area contributed by atoms with E-state index in [4.69, 9.17) is 4.42 Å². The molecule has 9 heteroatoms. The molecule has 0 bridgehead atoms. The predicted octanol–water partition coefficient (Wildman–Crippen LogP) is 2.29. The fourth-order valence-corrected chi connectivity index (χ4v) is 3.22. The van der Waals surface area contributed by atoms with Crippen LogP contribution < -0.4 is 10.6 Å². The number of hydrogen-bond donors (Lipinski definition) is 3. The first kappa shape index (κ1) is 17.3. The van der Waals surface area contributed by atoms with Gasteiger partial charge in [0.05, 0.1) is 17.2 Å². The largest absolute Gasteiger partial charge is 0.408 e. The number of aliphatic hydroxyl groups excluding tert-OH is 1. The average molecular weight is 368 g/mol. The van der Waals surface area contributed by atoms with Gasteiger partial charge >= 0.3 is 6.01 Å². The van der Waals surface area contributed by atoms with Crippen molar-refractivity contribution < 1.29 is 14.3 Å². The molecule has 2 heterocycles. The van der Waals surface area contributed by atoms with Gasteiger partial charge in [0.1, 0.15) is 0 Å². The second-order valence-electron chi connectivity index (χ2n) is 6.67. The molecule has 140 valence electrons. The number of carbonyl (C=O) groups excluding carboxylic acids is 1. The van der Waals surface area contributed by atoms with Gasteiger partial charge in [-0.3, -0.25) is 10.1 Å². The molecular weight excluding hydrogens is 348 g/mol. The maximum absolute atomic E-state index is 12.6. The Morgan fingerprint density at radius 2 is 2.04 bits per heavy atom. The minimum absolute atomic E-state index is 0.0441. The van der Waals surface area contributed by atoms with Crippen LogP contribution in [-0.4, -0.2) is 43.3 Å². The molecule has 9 nitrogen and oxygen atoms in total. The average Bonchev–Trinajstić information content (AvgIpc) is 3.07. The molecule has 1 amide bonds. The van der Waals surface area contributed by atoms with Gasteiger partial charge in [-0.05, 0) is 31.7 Å². The summed E-state index contributed by atoms with van der Waals surface area (Å²) in [6.07, 6.45) is 4.73. The summed E-state index contributed by atoms with van der Waals surface area (Å²) in [5, 5.41) is 23.8. The molecule has 0 atom stereocenters. The van der Waals surface area contributed by atoms with Crippen molar-refractivity contribution in [2.24, 2.45) is 0 Å². The van der Waals surface area contributed by atoms with Crippen LogP contribution in [0.4, 0.5) is 12.0 Å². The highest BCUT2D eigenvalue weighted by Crippen LogP contribution is 2.23. The van der Waals surface area contributed by atoms with E-state index < -0.39 is 0 Å². The Kier molecular flexibility index (Phi) is 4.68. The van der Waals surface area contributed by atoms with Crippen LogP contribution >= 0.6 is 0 Å². The predicted molar refractivity (Wildman–Crippen MR) is 98.4 cm³/mol. The summed E-state index contributed by atoms with van der Waals surface area (Å²) in [4.78, 5) is 21.5. The number of aromatic nitrogens is 4. The van der Waals surface area contributed by atoms with Gasteiger partial charge in [-0.1, -0.05) is 17.2 Å². The smallest absolute Gasteiger partial charge is 0.322 e. The summed E-state index contributed by atoms with van der Waals surface area (Å²) < 4.78 is 5.20. The Morgan fingerprint density at radius 1 is 1.22 bits per heavy atom. The summed E-state index contributed by atoms with van der Waals surface area (Å²) in [7, 11) is 0. The molecule has 0 radical (unpaired) electrons. The van der Waals surface area contributed by atoms with Gasteiger partial charge in [0.2, 0.25) is 11.8 Å². The molecule has 0 spiro atoms. The number of anilines is 2. The Morgan fingerprint density at radius 3 is 2.78 bits per heavy atom. The fourth-order valence-electron chi connectivity index (χ4n) is 3.22. The molecule has 0 unspecified atom stereocenters. The van der Waals surface area contributed by atoms with E-state index in [1.54, 1.807) is 25.3 Å². The van der Waals surface area contributed by atoms with Crippen molar-refractivity contribution in [1.82, 2.24) is 20.2 Å². The van der Waals surface area contributed by atoms with Crippen molar-refractivity contribution in [3.8, 4) is 0 Å². The third-order valence-corrected chi connectivity index (χ3v) is 4.63. The van der Waals surface area contributed by atoms with E-state index in [0.29, 0.717) is 22.9 Å². The number of benzene rings is 1. The van der Waals surface area contributed by atoms with Gasteiger partial charge in [-0.25, -0.2) is 9.97 Å². The molecule has 0 saturated heterocycles. The SMILES string of the molecule is Cc1nnc(NC(=O)c2cccc3cnc(N[C@H]4CC[C@H](O)CC4)nc23)o1. The zero-order valence-corrected chi connectivity index (χ0v) is 14.8. The second kappa shape index (κ2) is 7.28. The molecule has 1 aliphatic carbocycles. The Balaban J connectivity index is 1.58. The molecule has 27 heavy (non-hydrogen) atoms. The molecule has 3 aromatic rings. The molecule has 2 aromatic heterocycles. The maximum atomic E-state index is 12.6. The number of nitrogens with zero attached hydrogens (tertiary/aromatic N) is 4. The lowest BCUT2D eigenvalue weighted by Gasteiger charge is -2.26. The summed E-state index contributed by atoms with van der Waals surface area (Å²) in [6, 6.07) is 5.57. The van der Waals surface area contributed by atoms with Crippen molar-refractivity contribution in [1.29, 1.82) is 0 Å². The molecule has 3 N–H and O–H groups in total. The van der Waals surface area contributed by atoms with E-state index in [2.05, 4.69) is 30.8 Å². The summed E-state index contributed by atoms with van der Waals surface area (Å²) in [5.41, 5.74) is 0.937. The molecular formula is C18H20N6O3. The number of aliphatic hydroxyl groups is 1. The second-order valence-corrected chi connectivity index (χ2v) is 6.67. The standard InChI is InChI=1S/C18H20N6O3/c1-10-23-24-18(27-10)22-16(26)14-4-2-3-11-9-19-17(21-15(11)14)20-12-5-7-13(25)8-6-12/h2-4,9,12-13,25H,5-8H2,1H3,(H,19,20,21)(H,22,24,26)/t12-,13-. The molecule has 1 aliphatic rings. The first-order valence-electron chi connectivity index (χ1n) is 8.90. The third kappa shape index (κ3) is 3.87. The first-order valence-corrected chi connectivity index (χ1v) is 8.90. The normalized spacial score (nSPS) is 19.8. The minimum atomic E-state index is -0.380. The summed E-state index contributed by atoms with van der Waals surface area (Å²) in [6.45, 7) is 1.65. The highest BCUT2D eigenvalue weighted by atomic mass is 16.4. The van der Waals surface area contributed by atoms with Gasteiger partial charge in [0.15, 0.2) is 0 Å². The summed E-state index contributed by atoms with van der Waals surface area (Å²) in [5.74, 6) is 0.460. The molecule has 1 saturated carbocycles. The van der Waals surface area contributed by atoms with Crippen LogP contribution in [0.5, 0.6) is 0 Å². The van der Waals surface area contributed by atoms with Crippen LogP contribution in [0, 0.1) is 6.92 Å². The number of fused-ring (bicyclic) bond motifs is 1. The minimum Gasteiger partial charge on any atom is -0.408 e. The number of rotatable bonds is 4. The number of para-hydroxylation sites is 1. The van der Waals surface area contributed by atoms with Crippen LogP contribution in [0.25, 0.3) is 10.9 Å². The van der Waals surface area contributed by atoms with E-state index in [9.17, 15) is 9.90 Å². The van der Waals surface area contributed by atoms with Crippen molar-refractivity contribution in [3.63, 3.8) is 0 Å². The number of amides is 1. The van der Waals surface area contributed by atoms with E-state index >= 15 is 0 Å². The fraction of sp³-hybridized carbons (Fsp3) is 0.389. The third-order valence-electron chi connectivity index (χ3n) is 4.63. The monoisotopic (exact) mass is 368 g/mol. The molecule has 1 fully saturated rings. The lowest BCUT2D eigenvalue weighted by atomic mass is 9.93. The van der Waals surface area contributed by atoms with Gasteiger partial charge in [0, 0.05) is 24.5 Å². The zero-order chi connectivity index (χ0) is 18.8. The number of hydrogen-bond acceptors (Lipinski definition) is 8. The lowest BCUT2D eigenvalue weighted by molar-refractivity contribution is 0.102. The van der Waals surface area contributed by atoms with E-state index in [-0.39, 0.29) is 24.1 Å². The number of carbonyl (C=O) groups is 1. The van der Waals surface area contributed by atoms with E-state index in [0.717, 1.165) is 31.1 Å². The number of aryl methyl sites for hydroxylation is 1. The first-order chi connectivity index (χ1) is 13.1. The Bertz CT molecular complexity index is 965. The van der Waals surface area contributed by atoms with Gasteiger partial charge in [-0.15, -0.1) is 5.10 Å². The molecule has 4 rings (SSSR count). The quantitative estimate of drug-likeness (QED) is 0.640. The topological polar surface area (TPSA) is 126 Å². The van der Waals surface area contributed by atoms with Gasteiger partial charge in [-0.2, -0.15) is 0 Å². The molecule has 1 aromatic carbocycles. The van der Waals surface area contributed by atoms with E-state index in [1.165, 1.54) is 0 Å². The van der Waals surface area contributed by atoms with Crippen LogP contribution in [-0.2, 0) is 0 Å². The number of nitrogens with one attached hydrogen (secondary N) is 2. The van der Waals surface area contributed by atoms with Crippen LogP contribution in [0.2, 0.25) is 0 Å². The van der Waals surface area contributed by atoms with Crippen molar-refractivity contribution in [2.75, 3.05) is 10.6 Å². The van der Waals surface area contributed by atoms with Crippen molar-refractivity contribution in [2.45, 2.75) is 44.8 Å². The summed E-state index contributed by atoms with van der Waals surface area (Å²) >= 11 is 0. The highest BCUT2D eigenvalue weighted by molar-refractivity contribution is 6.11. The maximum Gasteiger partial charge on any atom is 0.322 e. The Labute approximate surface area is 155 Å². The van der Waals surface area contributed by atoms with Crippen molar-refractivity contribution in [3.05, 3.63) is 35.9 Å². The van der Waals surface area contributed by atoms with Gasteiger partial charge in [0.25, 0.3) is 5.91 Å². The zero-order valence-electron chi connectivity index (χ0n) is 14.8. The highest BCUT2D eigenvalue weighted by Gasteiger charge is 2.20. The van der Waals surface area contributed by atoms with Crippen LogP contribution in [0.1, 0.15) is 41.9 Å². The van der Waals surface area contributed by atoms with E-state index in [1.807, 2.05) is 6.07 Å².